The fourth-order valence-corrected chi connectivity index (χ4v) is 3.04. The van der Waals surface area contributed by atoms with E-state index in [9.17, 15) is 0 Å². The van der Waals surface area contributed by atoms with E-state index in [1.807, 2.05) is 35.7 Å². The van der Waals surface area contributed by atoms with Gasteiger partial charge < -0.3 is 0 Å². The summed E-state index contributed by atoms with van der Waals surface area (Å²) in [5.74, 6) is 0.698. The van der Waals surface area contributed by atoms with E-state index >= 15 is 0 Å². The molecule has 0 bridgehead atoms. The zero-order valence-corrected chi connectivity index (χ0v) is 10.2. The second-order valence-electron chi connectivity index (χ2n) is 3.20. The van der Waals surface area contributed by atoms with Gasteiger partial charge in [-0.2, -0.15) is 5.26 Å². The molecule has 16 heavy (non-hydrogen) atoms. The predicted molar refractivity (Wildman–Crippen MR) is 67.6 cm³/mol. The first kappa shape index (κ1) is 11.2. The van der Waals surface area contributed by atoms with Gasteiger partial charge in [0.15, 0.2) is 0 Å². The van der Waals surface area contributed by atoms with E-state index in [-0.39, 0.29) is 5.92 Å². The molecule has 2 nitrogen and oxygen atoms in total. The molecule has 1 unspecified atom stereocenters. The summed E-state index contributed by atoms with van der Waals surface area (Å²) in [4.78, 5) is 4.19. The van der Waals surface area contributed by atoms with E-state index in [0.717, 1.165) is 15.7 Å². The fourth-order valence-electron chi connectivity index (χ4n) is 1.33. The Morgan fingerprint density at radius 3 is 2.81 bits per heavy atom. The van der Waals surface area contributed by atoms with Crippen LogP contribution in [0.5, 0.6) is 0 Å². The maximum atomic E-state index is 9.13. The van der Waals surface area contributed by atoms with E-state index in [0.29, 0.717) is 0 Å². The quantitative estimate of drug-likeness (QED) is 0.774. The fraction of sp³-hybridized carbons (Fsp3) is 0.167. The molecule has 0 spiro atoms. The molecular weight excluding hydrogens is 236 g/mol. The minimum absolute atomic E-state index is 0.0601. The minimum Gasteiger partial charge on any atom is -0.238 e. The van der Waals surface area contributed by atoms with Crippen molar-refractivity contribution in [1.82, 2.24) is 4.98 Å². The number of hydrogen-bond acceptors (Lipinski definition) is 4. The Morgan fingerprint density at radius 1 is 1.38 bits per heavy atom. The van der Waals surface area contributed by atoms with Gasteiger partial charge in [-0.1, -0.05) is 42.1 Å². The highest BCUT2D eigenvalue weighted by atomic mass is 32.2. The van der Waals surface area contributed by atoms with Gasteiger partial charge in [0.1, 0.15) is 4.34 Å². The van der Waals surface area contributed by atoms with Gasteiger partial charge in [-0.25, -0.2) is 4.98 Å². The lowest BCUT2D eigenvalue weighted by Gasteiger charge is -2.07. The molecular formula is C12H10N2S2. The van der Waals surface area contributed by atoms with E-state index in [1.165, 1.54) is 0 Å². The molecule has 0 N–H and O–H groups in total. The third-order valence-corrected chi connectivity index (χ3v) is 4.20. The first-order chi connectivity index (χ1) is 7.90. The first-order valence-corrected chi connectivity index (χ1v) is 6.73. The molecule has 2 rings (SSSR count). The second-order valence-corrected chi connectivity index (χ2v) is 5.36. The van der Waals surface area contributed by atoms with Gasteiger partial charge in [0.05, 0.1) is 12.0 Å². The van der Waals surface area contributed by atoms with Gasteiger partial charge in [0.2, 0.25) is 0 Å². The smallest absolute Gasteiger partial charge is 0.149 e. The molecule has 1 aromatic carbocycles. The summed E-state index contributed by atoms with van der Waals surface area (Å²) >= 11 is 3.25. The standard InChI is InChI=1S/C12H10N2S2/c13-8-11(10-4-2-1-3-5-10)9-16-12-14-6-7-15-12/h1-7,11H,9H2. The van der Waals surface area contributed by atoms with Crippen LogP contribution in [0.1, 0.15) is 11.5 Å². The van der Waals surface area contributed by atoms with Gasteiger partial charge in [0.25, 0.3) is 0 Å². The highest BCUT2D eigenvalue weighted by Gasteiger charge is 2.11. The average Bonchev–Trinajstić information content (AvgIpc) is 2.84. The lowest BCUT2D eigenvalue weighted by molar-refractivity contribution is 0.995. The number of rotatable bonds is 4. The zero-order valence-electron chi connectivity index (χ0n) is 8.54. The maximum absolute atomic E-state index is 9.13. The summed E-state index contributed by atoms with van der Waals surface area (Å²) in [5.41, 5.74) is 1.08. The SMILES string of the molecule is N#CC(CSc1nccs1)c1ccccc1. The Balaban J connectivity index is 2.00. The van der Waals surface area contributed by atoms with Gasteiger partial charge in [-0.3, -0.25) is 0 Å². The molecule has 0 aliphatic heterocycles. The van der Waals surface area contributed by atoms with E-state index in [2.05, 4.69) is 11.1 Å². The van der Waals surface area contributed by atoms with Crippen LogP contribution in [0.25, 0.3) is 0 Å². The average molecular weight is 246 g/mol. The van der Waals surface area contributed by atoms with Crippen LogP contribution in [0, 0.1) is 11.3 Å². The number of thiazole rings is 1. The normalized spacial score (nSPS) is 11.9. The van der Waals surface area contributed by atoms with Crippen LogP contribution >= 0.6 is 23.1 Å². The van der Waals surface area contributed by atoms with Crippen molar-refractivity contribution in [1.29, 1.82) is 5.26 Å². The highest BCUT2D eigenvalue weighted by molar-refractivity contribution is 8.01. The van der Waals surface area contributed by atoms with E-state index < -0.39 is 0 Å². The third kappa shape index (κ3) is 2.84. The summed E-state index contributed by atoms with van der Waals surface area (Å²) in [7, 11) is 0. The molecule has 0 aliphatic carbocycles. The van der Waals surface area contributed by atoms with Crippen molar-refractivity contribution in [2.45, 2.75) is 10.3 Å². The Kier molecular flexibility index (Phi) is 3.97. The molecule has 0 saturated heterocycles. The zero-order chi connectivity index (χ0) is 11.2. The number of thioether (sulfide) groups is 1. The number of aromatic nitrogens is 1. The minimum atomic E-state index is -0.0601. The molecule has 0 saturated carbocycles. The van der Waals surface area contributed by atoms with E-state index in [1.54, 1.807) is 29.3 Å². The summed E-state index contributed by atoms with van der Waals surface area (Å²) in [6, 6.07) is 12.2. The summed E-state index contributed by atoms with van der Waals surface area (Å²) < 4.78 is 1.02. The van der Waals surface area contributed by atoms with Crippen LogP contribution in [-0.2, 0) is 0 Å². The van der Waals surface area contributed by atoms with Crippen molar-refractivity contribution < 1.29 is 0 Å². The molecule has 2 aromatic rings. The van der Waals surface area contributed by atoms with Crippen molar-refractivity contribution in [3.05, 3.63) is 47.5 Å². The number of benzene rings is 1. The topological polar surface area (TPSA) is 36.7 Å². The second kappa shape index (κ2) is 5.69. The molecule has 80 valence electrons. The monoisotopic (exact) mass is 246 g/mol. The molecule has 4 heteroatoms. The van der Waals surface area contributed by atoms with Crippen LogP contribution in [0.15, 0.2) is 46.2 Å². The summed E-state index contributed by atoms with van der Waals surface area (Å²) in [6.45, 7) is 0. The number of nitrogens with zero attached hydrogens (tertiary/aromatic N) is 2. The largest absolute Gasteiger partial charge is 0.238 e. The number of hydrogen-bond donors (Lipinski definition) is 0. The van der Waals surface area contributed by atoms with Crippen molar-refractivity contribution >= 4 is 23.1 Å². The van der Waals surface area contributed by atoms with Crippen molar-refractivity contribution in [3.63, 3.8) is 0 Å². The molecule has 0 radical (unpaired) electrons. The van der Waals surface area contributed by atoms with Gasteiger partial charge >= 0.3 is 0 Å². The lowest BCUT2D eigenvalue weighted by Crippen LogP contribution is -1.98. The Labute approximate surface area is 103 Å². The Morgan fingerprint density at radius 2 is 2.19 bits per heavy atom. The van der Waals surface area contributed by atoms with E-state index in [4.69, 9.17) is 5.26 Å². The summed E-state index contributed by atoms with van der Waals surface area (Å²) in [6.07, 6.45) is 1.79. The maximum Gasteiger partial charge on any atom is 0.149 e. The molecule has 1 heterocycles. The Bertz CT molecular complexity index is 460. The van der Waals surface area contributed by atoms with Crippen LogP contribution < -0.4 is 0 Å². The van der Waals surface area contributed by atoms with Gasteiger partial charge in [-0.15, -0.1) is 11.3 Å². The summed E-state index contributed by atoms with van der Waals surface area (Å²) in [5, 5.41) is 11.1. The number of nitriles is 1. The Hall–Kier alpha value is -1.31. The van der Waals surface area contributed by atoms with Crippen LogP contribution in [-0.4, -0.2) is 10.7 Å². The molecule has 0 aliphatic rings. The predicted octanol–water partition coefficient (Wildman–Crippen LogP) is 3.54. The van der Waals surface area contributed by atoms with Gasteiger partial charge in [-0.05, 0) is 5.56 Å². The van der Waals surface area contributed by atoms with Crippen LogP contribution in [0.3, 0.4) is 0 Å². The van der Waals surface area contributed by atoms with Crippen LogP contribution in [0.4, 0.5) is 0 Å². The molecule has 1 atom stereocenters. The lowest BCUT2D eigenvalue weighted by atomic mass is 10.0. The van der Waals surface area contributed by atoms with Gasteiger partial charge in [0, 0.05) is 17.3 Å². The third-order valence-electron chi connectivity index (χ3n) is 2.14. The van der Waals surface area contributed by atoms with Crippen molar-refractivity contribution in [2.75, 3.05) is 5.75 Å². The molecule has 1 aromatic heterocycles. The molecule has 0 amide bonds. The van der Waals surface area contributed by atoms with Crippen molar-refractivity contribution in [2.24, 2.45) is 0 Å². The molecule has 0 fully saturated rings. The van der Waals surface area contributed by atoms with Crippen molar-refractivity contribution in [3.8, 4) is 6.07 Å². The highest BCUT2D eigenvalue weighted by Crippen LogP contribution is 2.26. The first-order valence-electron chi connectivity index (χ1n) is 4.87. The van der Waals surface area contributed by atoms with Crippen LogP contribution in [0.2, 0.25) is 0 Å².